The molecule has 0 spiro atoms. The van der Waals surface area contributed by atoms with Crippen LogP contribution in [0.15, 0.2) is 116 Å². The fraction of sp³-hybridized carbons (Fsp3) is 0.158. The SMILES string of the molecule is CC(C)c1cccc(C(C)C)c1-n1ccnc1Oc1cccc(-n2c3ccccc3c3ccc(Oc4ccccc4O)cc32)n1. The molecule has 7 aromatic rings. The molecule has 0 saturated heterocycles. The van der Waals surface area contributed by atoms with E-state index in [-0.39, 0.29) is 5.75 Å². The first-order valence-corrected chi connectivity index (χ1v) is 15.2. The Labute approximate surface area is 262 Å². The number of benzene rings is 4. The van der Waals surface area contributed by atoms with E-state index in [1.54, 1.807) is 24.4 Å². The molecule has 4 aromatic carbocycles. The minimum Gasteiger partial charge on any atom is -0.504 e. The van der Waals surface area contributed by atoms with E-state index in [2.05, 4.69) is 67.6 Å². The van der Waals surface area contributed by atoms with Crippen LogP contribution in [-0.4, -0.2) is 24.2 Å². The highest BCUT2D eigenvalue weighted by atomic mass is 16.5. The molecule has 0 unspecified atom stereocenters. The Morgan fingerprint density at radius 3 is 2.18 bits per heavy atom. The second-order valence-corrected chi connectivity index (χ2v) is 11.7. The lowest BCUT2D eigenvalue weighted by molar-refractivity contribution is 0.411. The fourth-order valence-electron chi connectivity index (χ4n) is 5.94. The van der Waals surface area contributed by atoms with Crippen molar-refractivity contribution in [2.45, 2.75) is 39.5 Å². The number of pyridine rings is 1. The summed E-state index contributed by atoms with van der Waals surface area (Å²) >= 11 is 0. The molecule has 0 aliphatic rings. The molecule has 224 valence electrons. The molecule has 0 radical (unpaired) electrons. The van der Waals surface area contributed by atoms with E-state index >= 15 is 0 Å². The Hall–Kier alpha value is -5.56. The lowest BCUT2D eigenvalue weighted by atomic mass is 9.92. The van der Waals surface area contributed by atoms with Crippen LogP contribution in [0.3, 0.4) is 0 Å². The number of phenolic OH excluding ortho intramolecular Hbond substituents is 1. The van der Waals surface area contributed by atoms with E-state index in [9.17, 15) is 5.11 Å². The van der Waals surface area contributed by atoms with Crippen molar-refractivity contribution in [3.05, 3.63) is 127 Å². The number of rotatable bonds is 8. The molecule has 7 rings (SSSR count). The molecule has 7 nitrogen and oxygen atoms in total. The second kappa shape index (κ2) is 11.5. The number of aromatic hydroxyl groups is 1. The molecule has 3 aromatic heterocycles. The van der Waals surface area contributed by atoms with Crippen LogP contribution in [-0.2, 0) is 0 Å². The van der Waals surface area contributed by atoms with Crippen molar-refractivity contribution in [1.82, 2.24) is 19.1 Å². The number of hydrogen-bond donors (Lipinski definition) is 1. The minimum atomic E-state index is 0.0829. The first-order chi connectivity index (χ1) is 21.9. The van der Waals surface area contributed by atoms with E-state index in [0.29, 0.717) is 41.0 Å². The van der Waals surface area contributed by atoms with Gasteiger partial charge in [0.15, 0.2) is 11.5 Å². The highest BCUT2D eigenvalue weighted by Gasteiger charge is 2.20. The van der Waals surface area contributed by atoms with Gasteiger partial charge in [0.25, 0.3) is 0 Å². The van der Waals surface area contributed by atoms with Crippen LogP contribution < -0.4 is 9.47 Å². The van der Waals surface area contributed by atoms with Gasteiger partial charge in [0.1, 0.15) is 11.6 Å². The third-order valence-corrected chi connectivity index (χ3v) is 8.06. The summed E-state index contributed by atoms with van der Waals surface area (Å²) in [4.78, 5) is 9.57. The highest BCUT2D eigenvalue weighted by molar-refractivity contribution is 6.09. The van der Waals surface area contributed by atoms with Gasteiger partial charge in [-0.25, -0.2) is 4.98 Å². The van der Waals surface area contributed by atoms with Crippen LogP contribution in [0.2, 0.25) is 0 Å². The first kappa shape index (κ1) is 28.2. The Morgan fingerprint density at radius 2 is 1.40 bits per heavy atom. The van der Waals surface area contributed by atoms with Gasteiger partial charge in [-0.05, 0) is 59.4 Å². The zero-order valence-corrected chi connectivity index (χ0v) is 25.7. The lowest BCUT2D eigenvalue weighted by Gasteiger charge is -2.21. The van der Waals surface area contributed by atoms with E-state index in [0.717, 1.165) is 27.5 Å². The van der Waals surface area contributed by atoms with E-state index in [4.69, 9.17) is 14.5 Å². The maximum Gasteiger partial charge on any atom is 0.307 e. The van der Waals surface area contributed by atoms with Crippen molar-refractivity contribution < 1.29 is 14.6 Å². The number of imidazole rings is 1. The third kappa shape index (κ3) is 5.16. The molecule has 0 atom stereocenters. The summed E-state index contributed by atoms with van der Waals surface area (Å²) in [5, 5.41) is 12.4. The lowest BCUT2D eigenvalue weighted by Crippen LogP contribution is -2.08. The first-order valence-electron chi connectivity index (χ1n) is 15.2. The molecule has 45 heavy (non-hydrogen) atoms. The normalized spacial score (nSPS) is 11.6. The summed E-state index contributed by atoms with van der Waals surface area (Å²) in [7, 11) is 0. The van der Waals surface area contributed by atoms with Gasteiger partial charge in [-0.1, -0.05) is 82.3 Å². The molecule has 7 heteroatoms. The van der Waals surface area contributed by atoms with E-state index < -0.39 is 0 Å². The summed E-state index contributed by atoms with van der Waals surface area (Å²) < 4.78 is 16.6. The smallest absolute Gasteiger partial charge is 0.307 e. The van der Waals surface area contributed by atoms with Gasteiger partial charge >= 0.3 is 6.01 Å². The molecule has 0 aliphatic carbocycles. The van der Waals surface area contributed by atoms with E-state index in [1.807, 2.05) is 65.4 Å². The third-order valence-electron chi connectivity index (χ3n) is 8.06. The molecule has 3 heterocycles. The molecular weight excluding hydrogens is 560 g/mol. The topological polar surface area (TPSA) is 74.3 Å². The van der Waals surface area contributed by atoms with Gasteiger partial charge in [-0.15, -0.1) is 0 Å². The Kier molecular flexibility index (Phi) is 7.22. The number of ether oxygens (including phenoxy) is 2. The van der Waals surface area contributed by atoms with Gasteiger partial charge in [-0.2, -0.15) is 4.98 Å². The maximum absolute atomic E-state index is 10.3. The van der Waals surface area contributed by atoms with Gasteiger partial charge < -0.3 is 14.6 Å². The van der Waals surface area contributed by atoms with Crippen molar-refractivity contribution in [3.8, 4) is 40.6 Å². The van der Waals surface area contributed by atoms with Gasteiger partial charge in [0.2, 0.25) is 5.88 Å². The maximum atomic E-state index is 10.3. The molecule has 0 saturated carbocycles. The summed E-state index contributed by atoms with van der Waals surface area (Å²) in [6.45, 7) is 8.82. The Morgan fingerprint density at radius 1 is 0.689 bits per heavy atom. The fourth-order valence-corrected chi connectivity index (χ4v) is 5.94. The van der Waals surface area contributed by atoms with Gasteiger partial charge in [0.05, 0.1) is 16.7 Å². The van der Waals surface area contributed by atoms with Gasteiger partial charge in [-0.3, -0.25) is 9.13 Å². The average Bonchev–Trinajstić information content (AvgIpc) is 3.63. The zero-order valence-electron chi connectivity index (χ0n) is 25.7. The summed E-state index contributed by atoms with van der Waals surface area (Å²) in [6, 6.07) is 33.8. The molecule has 0 fully saturated rings. The van der Waals surface area contributed by atoms with Gasteiger partial charge in [0, 0.05) is 35.3 Å². The molecule has 0 amide bonds. The second-order valence-electron chi connectivity index (χ2n) is 11.7. The number of phenols is 1. The number of para-hydroxylation sites is 4. The van der Waals surface area contributed by atoms with Crippen LogP contribution in [0.25, 0.3) is 33.3 Å². The quantitative estimate of drug-likeness (QED) is 0.190. The predicted molar refractivity (Wildman–Crippen MR) is 179 cm³/mol. The number of fused-ring (bicyclic) bond motifs is 3. The average molecular weight is 595 g/mol. The minimum absolute atomic E-state index is 0.0829. The molecule has 0 bridgehead atoms. The van der Waals surface area contributed by atoms with Crippen LogP contribution >= 0.6 is 0 Å². The van der Waals surface area contributed by atoms with Crippen molar-refractivity contribution in [2.24, 2.45) is 0 Å². The summed E-state index contributed by atoms with van der Waals surface area (Å²) in [5.74, 6) is 2.86. The molecule has 1 N–H and O–H groups in total. The number of hydrogen-bond acceptors (Lipinski definition) is 5. The van der Waals surface area contributed by atoms with Crippen LogP contribution in [0.1, 0.15) is 50.7 Å². The van der Waals surface area contributed by atoms with Crippen LogP contribution in [0, 0.1) is 0 Å². The number of aromatic nitrogens is 4. The molecule has 0 aliphatic heterocycles. The Balaban J connectivity index is 1.31. The van der Waals surface area contributed by atoms with Crippen LogP contribution in [0.5, 0.6) is 29.1 Å². The van der Waals surface area contributed by atoms with Crippen molar-refractivity contribution in [3.63, 3.8) is 0 Å². The van der Waals surface area contributed by atoms with Crippen molar-refractivity contribution in [2.75, 3.05) is 0 Å². The van der Waals surface area contributed by atoms with Crippen LogP contribution in [0.4, 0.5) is 0 Å². The zero-order chi connectivity index (χ0) is 31.1. The summed E-state index contributed by atoms with van der Waals surface area (Å²) in [5.41, 5.74) is 5.50. The largest absolute Gasteiger partial charge is 0.504 e. The van der Waals surface area contributed by atoms with E-state index in [1.165, 1.54) is 11.1 Å². The predicted octanol–water partition coefficient (Wildman–Crippen LogP) is 9.90. The monoisotopic (exact) mass is 594 g/mol. The standard InChI is InChI=1S/C38H34N4O3/c1-24(2)27-12-9-13-28(25(3)4)37(27)41-22-21-39-38(41)45-36-18-10-17-35(40-36)42-31-14-6-5-11-29(31)30-20-19-26(23-32(30)42)44-34-16-8-7-15-33(34)43/h5-25,43H,1-4H3. The highest BCUT2D eigenvalue weighted by Crippen LogP contribution is 2.38. The molecular formula is C38H34N4O3. The Bertz CT molecular complexity index is 2130. The number of nitrogens with zero attached hydrogens (tertiary/aromatic N) is 4. The van der Waals surface area contributed by atoms with Crippen molar-refractivity contribution in [1.29, 1.82) is 0 Å². The summed E-state index contributed by atoms with van der Waals surface area (Å²) in [6.07, 6.45) is 3.71. The van der Waals surface area contributed by atoms with Crippen molar-refractivity contribution >= 4 is 21.8 Å².